The lowest BCUT2D eigenvalue weighted by Crippen LogP contribution is -2.24. The van der Waals surface area contributed by atoms with Gasteiger partial charge in [0.05, 0.1) is 31.8 Å². The normalized spacial score (nSPS) is 10.8. The lowest BCUT2D eigenvalue weighted by Gasteiger charge is -2.13. The van der Waals surface area contributed by atoms with Gasteiger partial charge in [0.25, 0.3) is 5.91 Å². The Bertz CT molecular complexity index is 1520. The van der Waals surface area contributed by atoms with Crippen LogP contribution in [0, 0.1) is 0 Å². The molecule has 0 fully saturated rings. The number of rotatable bonds is 9. The Morgan fingerprint density at radius 1 is 0.919 bits per heavy atom. The number of hydrogen-bond acceptors (Lipinski definition) is 7. The van der Waals surface area contributed by atoms with E-state index >= 15 is 0 Å². The summed E-state index contributed by atoms with van der Waals surface area (Å²) in [6, 6.07) is 17.4. The van der Waals surface area contributed by atoms with Crippen molar-refractivity contribution in [3.63, 3.8) is 0 Å². The average Bonchev–Trinajstić information content (AvgIpc) is 3.46. The fourth-order valence-corrected chi connectivity index (χ4v) is 4.09. The second-order valence-electron chi connectivity index (χ2n) is 8.31. The van der Waals surface area contributed by atoms with Gasteiger partial charge in [0.2, 0.25) is 0 Å². The summed E-state index contributed by atoms with van der Waals surface area (Å²) < 4.78 is 10.9. The van der Waals surface area contributed by atoms with Crippen molar-refractivity contribution in [1.82, 2.24) is 25.3 Å². The van der Waals surface area contributed by atoms with E-state index in [2.05, 4.69) is 42.7 Å². The van der Waals surface area contributed by atoms with E-state index in [4.69, 9.17) is 9.47 Å². The molecule has 0 aliphatic rings. The van der Waals surface area contributed by atoms with Gasteiger partial charge in [-0.2, -0.15) is 0 Å². The van der Waals surface area contributed by atoms with E-state index in [9.17, 15) is 4.79 Å². The number of carbonyl (C=O) groups excluding carboxylic acids is 1. The molecule has 9 nitrogen and oxygen atoms in total. The van der Waals surface area contributed by atoms with Gasteiger partial charge in [0.15, 0.2) is 11.5 Å². The van der Waals surface area contributed by atoms with Crippen LogP contribution in [0.15, 0.2) is 79.4 Å². The van der Waals surface area contributed by atoms with Crippen molar-refractivity contribution in [3.8, 4) is 11.5 Å². The number of nitrogens with one attached hydrogen (secondary N) is 3. The minimum atomic E-state index is -0.236. The number of aromatic amines is 1. The molecule has 5 rings (SSSR count). The van der Waals surface area contributed by atoms with Crippen LogP contribution in [0.5, 0.6) is 11.5 Å². The lowest BCUT2D eigenvalue weighted by molar-refractivity contribution is 0.0950. The summed E-state index contributed by atoms with van der Waals surface area (Å²) in [5.74, 6) is 2.25. The quantitative estimate of drug-likeness (QED) is 0.274. The molecule has 0 radical (unpaired) electrons. The summed E-state index contributed by atoms with van der Waals surface area (Å²) in [5.41, 5.74) is 4.39. The number of hydrogen-bond donors (Lipinski definition) is 3. The third-order valence-corrected chi connectivity index (χ3v) is 5.97. The fraction of sp³-hybridized carbons (Fsp3) is 0.143. The number of pyridine rings is 2. The Balaban J connectivity index is 1.31. The van der Waals surface area contributed by atoms with Crippen LogP contribution < -0.4 is 20.1 Å². The van der Waals surface area contributed by atoms with Crippen LogP contribution in [0.1, 0.15) is 27.3 Å². The average molecular weight is 495 g/mol. The zero-order valence-corrected chi connectivity index (χ0v) is 20.5. The Kier molecular flexibility index (Phi) is 6.93. The van der Waals surface area contributed by atoms with Crippen LogP contribution in [0.4, 0.5) is 11.5 Å². The van der Waals surface area contributed by atoms with Gasteiger partial charge in [-0.25, -0.2) is 9.97 Å². The number of benzene rings is 2. The molecule has 3 aromatic heterocycles. The molecule has 0 bridgehead atoms. The van der Waals surface area contributed by atoms with Gasteiger partial charge < -0.3 is 25.1 Å². The van der Waals surface area contributed by atoms with Crippen molar-refractivity contribution in [1.29, 1.82) is 0 Å². The van der Waals surface area contributed by atoms with E-state index in [0.717, 1.165) is 34.1 Å². The van der Waals surface area contributed by atoms with Gasteiger partial charge in [0, 0.05) is 41.9 Å². The number of imidazole rings is 1. The Morgan fingerprint density at radius 3 is 2.49 bits per heavy atom. The zero-order chi connectivity index (χ0) is 25.6. The molecule has 0 aliphatic carbocycles. The smallest absolute Gasteiger partial charge is 0.255 e. The topological polar surface area (TPSA) is 114 Å². The number of fused-ring (bicyclic) bond motifs is 1. The summed E-state index contributed by atoms with van der Waals surface area (Å²) >= 11 is 0. The SMILES string of the molecule is COc1cc2nccc(Cc3ccc(Nc4ncccc4C(=O)NCc4ncc[nH]4)cc3)c2cc1OC. The first-order chi connectivity index (χ1) is 18.1. The van der Waals surface area contributed by atoms with Gasteiger partial charge in [-0.1, -0.05) is 12.1 Å². The first-order valence-electron chi connectivity index (χ1n) is 11.7. The predicted molar refractivity (Wildman–Crippen MR) is 141 cm³/mol. The Morgan fingerprint density at radius 2 is 1.73 bits per heavy atom. The van der Waals surface area contributed by atoms with E-state index in [1.165, 1.54) is 0 Å². The molecule has 3 heterocycles. The number of amides is 1. The molecule has 2 aromatic carbocycles. The highest BCUT2D eigenvalue weighted by Gasteiger charge is 2.14. The number of ether oxygens (including phenoxy) is 2. The summed E-state index contributed by atoms with van der Waals surface area (Å²) in [4.78, 5) is 28.7. The molecular weight excluding hydrogens is 468 g/mol. The van der Waals surface area contributed by atoms with E-state index in [-0.39, 0.29) is 5.91 Å². The number of nitrogens with zero attached hydrogens (tertiary/aromatic N) is 3. The second kappa shape index (κ2) is 10.8. The van der Waals surface area contributed by atoms with Crippen LogP contribution in [0.25, 0.3) is 10.9 Å². The molecule has 0 unspecified atom stereocenters. The highest BCUT2D eigenvalue weighted by molar-refractivity contribution is 5.99. The second-order valence-corrected chi connectivity index (χ2v) is 8.31. The summed E-state index contributed by atoms with van der Waals surface area (Å²) in [6.07, 6.45) is 7.54. The van der Waals surface area contributed by atoms with Crippen molar-refractivity contribution in [3.05, 3.63) is 102 Å². The molecule has 3 N–H and O–H groups in total. The predicted octanol–water partition coefficient (Wildman–Crippen LogP) is 4.63. The van der Waals surface area contributed by atoms with Gasteiger partial charge in [-0.15, -0.1) is 0 Å². The first-order valence-corrected chi connectivity index (χ1v) is 11.7. The Labute approximate surface area is 213 Å². The summed E-state index contributed by atoms with van der Waals surface area (Å²) in [6.45, 7) is 0.303. The first kappa shape index (κ1) is 23.8. The van der Waals surface area contributed by atoms with E-state index in [1.807, 2.05) is 30.3 Å². The zero-order valence-electron chi connectivity index (χ0n) is 20.5. The van der Waals surface area contributed by atoms with Crippen LogP contribution >= 0.6 is 0 Å². The monoisotopic (exact) mass is 494 g/mol. The van der Waals surface area contributed by atoms with Crippen LogP contribution in [-0.4, -0.2) is 40.1 Å². The van der Waals surface area contributed by atoms with E-state index in [1.54, 1.807) is 51.1 Å². The number of anilines is 2. The third kappa shape index (κ3) is 5.35. The van der Waals surface area contributed by atoms with Crippen molar-refractivity contribution >= 4 is 28.3 Å². The highest BCUT2D eigenvalue weighted by Crippen LogP contribution is 2.33. The largest absolute Gasteiger partial charge is 0.493 e. The molecule has 0 saturated carbocycles. The van der Waals surface area contributed by atoms with Crippen LogP contribution in [0.2, 0.25) is 0 Å². The molecule has 186 valence electrons. The molecule has 9 heteroatoms. The van der Waals surface area contributed by atoms with Gasteiger partial charge in [-0.3, -0.25) is 9.78 Å². The maximum atomic E-state index is 12.7. The molecule has 0 atom stereocenters. The number of H-pyrrole nitrogens is 1. The molecular formula is C28H26N6O3. The maximum absolute atomic E-state index is 12.7. The molecule has 0 spiro atoms. The maximum Gasteiger partial charge on any atom is 0.255 e. The van der Waals surface area contributed by atoms with Crippen molar-refractivity contribution < 1.29 is 14.3 Å². The standard InChI is InChI=1S/C28H26N6O3/c1-36-24-15-22-19(9-11-29-23(22)16-25(24)37-2)14-18-5-7-20(8-6-18)34-27-21(4-3-10-32-27)28(35)33-17-26-30-12-13-31-26/h3-13,15-16H,14,17H2,1-2H3,(H,30,31)(H,32,34)(H,33,35). The lowest BCUT2D eigenvalue weighted by atomic mass is 10.0. The minimum Gasteiger partial charge on any atom is -0.493 e. The van der Waals surface area contributed by atoms with Crippen molar-refractivity contribution in [2.24, 2.45) is 0 Å². The molecule has 1 amide bonds. The van der Waals surface area contributed by atoms with E-state index < -0.39 is 0 Å². The van der Waals surface area contributed by atoms with Gasteiger partial charge in [-0.05, 0) is 53.9 Å². The van der Waals surface area contributed by atoms with E-state index in [0.29, 0.717) is 35.2 Å². The number of methoxy groups -OCH3 is 2. The number of carbonyl (C=O) groups is 1. The summed E-state index contributed by atoms with van der Waals surface area (Å²) in [7, 11) is 3.24. The number of aromatic nitrogens is 4. The highest BCUT2D eigenvalue weighted by atomic mass is 16.5. The molecule has 5 aromatic rings. The molecule has 0 aliphatic heterocycles. The molecule has 0 saturated heterocycles. The minimum absolute atomic E-state index is 0.236. The van der Waals surface area contributed by atoms with Gasteiger partial charge >= 0.3 is 0 Å². The van der Waals surface area contributed by atoms with Crippen molar-refractivity contribution in [2.45, 2.75) is 13.0 Å². The van der Waals surface area contributed by atoms with Crippen LogP contribution in [0.3, 0.4) is 0 Å². The fourth-order valence-electron chi connectivity index (χ4n) is 4.09. The summed E-state index contributed by atoms with van der Waals surface area (Å²) in [5, 5.41) is 7.13. The Hall–Kier alpha value is -4.92. The molecule has 37 heavy (non-hydrogen) atoms. The van der Waals surface area contributed by atoms with Crippen molar-refractivity contribution in [2.75, 3.05) is 19.5 Å². The van der Waals surface area contributed by atoms with Gasteiger partial charge in [0.1, 0.15) is 11.6 Å². The van der Waals surface area contributed by atoms with Crippen LogP contribution in [-0.2, 0) is 13.0 Å². The third-order valence-electron chi connectivity index (χ3n) is 5.97.